The van der Waals surface area contributed by atoms with Crippen LogP contribution in [0.3, 0.4) is 0 Å². The molecule has 61 valence electrons. The van der Waals surface area contributed by atoms with Crippen molar-refractivity contribution >= 4 is 0 Å². The quantitative estimate of drug-likeness (QED) is 0.643. The van der Waals surface area contributed by atoms with Gasteiger partial charge in [-0.3, -0.25) is 0 Å². The van der Waals surface area contributed by atoms with Crippen LogP contribution in [0.15, 0.2) is 22.8 Å². The molecule has 0 unspecified atom stereocenters. The van der Waals surface area contributed by atoms with E-state index in [2.05, 4.69) is 20.3 Å². The van der Waals surface area contributed by atoms with E-state index in [1.54, 1.807) is 6.26 Å². The molecule has 0 aromatic carbocycles. The molecule has 0 saturated heterocycles. The van der Waals surface area contributed by atoms with Crippen LogP contribution in [0.5, 0.6) is 0 Å². The molecule has 1 nitrogen and oxygen atoms in total. The highest BCUT2D eigenvalue weighted by Crippen LogP contribution is 2.17. The third-order valence-corrected chi connectivity index (χ3v) is 1.99. The van der Waals surface area contributed by atoms with Crippen molar-refractivity contribution in [2.75, 3.05) is 0 Å². The van der Waals surface area contributed by atoms with Crippen molar-refractivity contribution in [3.63, 3.8) is 0 Å². The van der Waals surface area contributed by atoms with Crippen molar-refractivity contribution in [2.24, 2.45) is 5.92 Å². The van der Waals surface area contributed by atoms with E-state index in [9.17, 15) is 0 Å². The van der Waals surface area contributed by atoms with E-state index in [1.165, 1.54) is 12.8 Å². The summed E-state index contributed by atoms with van der Waals surface area (Å²) in [4.78, 5) is 0. The second kappa shape index (κ2) is 4.22. The molecule has 0 aliphatic rings. The molecule has 0 amide bonds. The summed E-state index contributed by atoms with van der Waals surface area (Å²) in [6.45, 7) is 4.40. The van der Waals surface area contributed by atoms with Gasteiger partial charge in [-0.2, -0.15) is 0 Å². The Labute approximate surface area is 68.4 Å². The molecule has 0 aliphatic carbocycles. The number of rotatable bonds is 4. The van der Waals surface area contributed by atoms with Gasteiger partial charge in [-0.25, -0.2) is 0 Å². The van der Waals surface area contributed by atoms with Crippen molar-refractivity contribution in [2.45, 2.75) is 26.7 Å². The molecule has 1 aromatic rings. The molecule has 1 heterocycles. The Balaban J connectivity index is 2.41. The molecule has 0 aliphatic heterocycles. The fourth-order valence-corrected chi connectivity index (χ4v) is 1.14. The first-order valence-corrected chi connectivity index (χ1v) is 4.25. The van der Waals surface area contributed by atoms with Gasteiger partial charge in [0, 0.05) is 6.42 Å². The number of furan rings is 1. The largest absolute Gasteiger partial charge is 0.469 e. The molecule has 0 atom stereocenters. The van der Waals surface area contributed by atoms with Crippen molar-refractivity contribution in [3.05, 3.63) is 30.6 Å². The van der Waals surface area contributed by atoms with Crippen LogP contribution in [-0.2, 0) is 0 Å². The van der Waals surface area contributed by atoms with E-state index >= 15 is 0 Å². The van der Waals surface area contributed by atoms with Gasteiger partial charge >= 0.3 is 0 Å². The molecule has 0 bridgehead atoms. The minimum Gasteiger partial charge on any atom is -0.469 e. The van der Waals surface area contributed by atoms with Crippen LogP contribution in [0.1, 0.15) is 32.4 Å². The molecule has 11 heavy (non-hydrogen) atoms. The second-order valence-corrected chi connectivity index (χ2v) is 2.76. The van der Waals surface area contributed by atoms with Crippen molar-refractivity contribution in [1.82, 2.24) is 0 Å². The van der Waals surface area contributed by atoms with Gasteiger partial charge < -0.3 is 4.42 Å². The van der Waals surface area contributed by atoms with Crippen LogP contribution in [0.2, 0.25) is 0 Å². The average molecular weight is 151 g/mol. The van der Waals surface area contributed by atoms with Crippen LogP contribution >= 0.6 is 0 Å². The first-order chi connectivity index (χ1) is 5.36. The average Bonchev–Trinajstić information content (AvgIpc) is 2.52. The van der Waals surface area contributed by atoms with Crippen LogP contribution < -0.4 is 0 Å². The smallest absolute Gasteiger partial charge is 0.107 e. The lowest BCUT2D eigenvalue weighted by Crippen LogP contribution is -1.97. The normalized spacial score (nSPS) is 10.8. The van der Waals surface area contributed by atoms with E-state index < -0.39 is 0 Å². The summed E-state index contributed by atoms with van der Waals surface area (Å²) in [6, 6.07) is 3.92. The Morgan fingerprint density at radius 3 is 2.64 bits per heavy atom. The fourth-order valence-electron chi connectivity index (χ4n) is 1.14. The van der Waals surface area contributed by atoms with E-state index in [0.717, 1.165) is 5.76 Å². The van der Waals surface area contributed by atoms with E-state index in [0.29, 0.717) is 5.92 Å². The molecule has 1 aromatic heterocycles. The third-order valence-electron chi connectivity index (χ3n) is 1.99. The monoisotopic (exact) mass is 151 g/mol. The maximum Gasteiger partial charge on any atom is 0.107 e. The lowest BCUT2D eigenvalue weighted by atomic mass is 9.98. The first kappa shape index (κ1) is 8.38. The zero-order valence-corrected chi connectivity index (χ0v) is 7.21. The third kappa shape index (κ3) is 2.41. The lowest BCUT2D eigenvalue weighted by Gasteiger charge is -2.08. The van der Waals surface area contributed by atoms with Gasteiger partial charge in [-0.05, 0) is 18.1 Å². The van der Waals surface area contributed by atoms with Gasteiger partial charge in [-0.1, -0.05) is 26.7 Å². The topological polar surface area (TPSA) is 13.1 Å². The van der Waals surface area contributed by atoms with Crippen LogP contribution in [-0.4, -0.2) is 0 Å². The summed E-state index contributed by atoms with van der Waals surface area (Å²) in [5.74, 6) is 1.67. The summed E-state index contributed by atoms with van der Waals surface area (Å²) in [6.07, 6.45) is 6.29. The van der Waals surface area contributed by atoms with Gasteiger partial charge in [0.25, 0.3) is 0 Å². The van der Waals surface area contributed by atoms with Crippen molar-refractivity contribution in [1.29, 1.82) is 0 Å². The molecule has 1 heteroatoms. The predicted molar refractivity (Wildman–Crippen MR) is 46.2 cm³/mol. The Morgan fingerprint density at radius 2 is 2.18 bits per heavy atom. The zero-order chi connectivity index (χ0) is 8.10. The summed E-state index contributed by atoms with van der Waals surface area (Å²) in [7, 11) is 0. The number of hydrogen-bond acceptors (Lipinski definition) is 1. The van der Waals surface area contributed by atoms with Crippen LogP contribution in [0.25, 0.3) is 0 Å². The second-order valence-electron chi connectivity index (χ2n) is 2.76. The zero-order valence-electron chi connectivity index (χ0n) is 7.21. The Morgan fingerprint density at radius 1 is 1.45 bits per heavy atom. The highest BCUT2D eigenvalue weighted by atomic mass is 16.3. The molecule has 1 radical (unpaired) electrons. The summed E-state index contributed by atoms with van der Waals surface area (Å²) < 4.78 is 5.21. The van der Waals surface area contributed by atoms with Gasteiger partial charge in [0.2, 0.25) is 0 Å². The maximum absolute atomic E-state index is 5.21. The molecule has 1 rings (SSSR count). The lowest BCUT2D eigenvalue weighted by molar-refractivity contribution is 0.492. The standard InChI is InChI=1S/C10H15O/c1-3-9(4-2)8-10-6-5-7-11-10/h5-9H,3-4H2,1-2H3. The highest BCUT2D eigenvalue weighted by Gasteiger charge is 2.06. The minimum absolute atomic E-state index is 0.668. The summed E-state index contributed by atoms with van der Waals surface area (Å²) >= 11 is 0. The molecular weight excluding hydrogens is 136 g/mol. The fraction of sp³-hybridized carbons (Fsp3) is 0.500. The molecular formula is C10H15O. The van der Waals surface area contributed by atoms with Gasteiger partial charge in [0.05, 0.1) is 6.26 Å². The van der Waals surface area contributed by atoms with Crippen molar-refractivity contribution < 1.29 is 4.42 Å². The molecule has 0 fully saturated rings. The van der Waals surface area contributed by atoms with E-state index in [-0.39, 0.29) is 0 Å². The minimum atomic E-state index is 0.668. The summed E-state index contributed by atoms with van der Waals surface area (Å²) in [5.41, 5.74) is 0. The Hall–Kier alpha value is -0.720. The van der Waals surface area contributed by atoms with Crippen LogP contribution in [0, 0.1) is 12.3 Å². The molecule has 0 spiro atoms. The van der Waals surface area contributed by atoms with Gasteiger partial charge in [0.1, 0.15) is 5.76 Å². The predicted octanol–water partition coefficient (Wildman–Crippen LogP) is 3.27. The molecule has 0 N–H and O–H groups in total. The Kier molecular flexibility index (Phi) is 3.21. The SMILES string of the molecule is CCC([CH]c1ccco1)CC. The maximum atomic E-state index is 5.21. The van der Waals surface area contributed by atoms with E-state index in [1.807, 2.05) is 12.1 Å². The van der Waals surface area contributed by atoms with E-state index in [4.69, 9.17) is 4.42 Å². The van der Waals surface area contributed by atoms with Gasteiger partial charge in [0.15, 0.2) is 0 Å². The number of hydrogen-bond donors (Lipinski definition) is 0. The first-order valence-electron chi connectivity index (χ1n) is 4.25. The van der Waals surface area contributed by atoms with Crippen molar-refractivity contribution in [3.8, 4) is 0 Å². The molecule has 0 saturated carbocycles. The van der Waals surface area contributed by atoms with Crippen LogP contribution in [0.4, 0.5) is 0 Å². The van der Waals surface area contributed by atoms with Gasteiger partial charge in [-0.15, -0.1) is 0 Å². The highest BCUT2D eigenvalue weighted by molar-refractivity contribution is 5.10. The summed E-state index contributed by atoms with van der Waals surface area (Å²) in [5, 5.41) is 0. The Bertz CT molecular complexity index is 173.